The third kappa shape index (κ3) is 3.67. The summed E-state index contributed by atoms with van der Waals surface area (Å²) in [6.07, 6.45) is 1.74. The number of fused-ring (bicyclic) bond motifs is 2. The van der Waals surface area contributed by atoms with Crippen LogP contribution in [0.2, 0.25) is 0 Å². The molecular formula is C25H22FN5O5. The van der Waals surface area contributed by atoms with Crippen LogP contribution in [0.5, 0.6) is 0 Å². The minimum absolute atomic E-state index is 0.126. The fraction of sp³-hybridized carbons (Fsp3) is 0.320. The van der Waals surface area contributed by atoms with Gasteiger partial charge in [-0.1, -0.05) is 0 Å². The molecule has 0 radical (unpaired) electrons. The highest BCUT2D eigenvalue weighted by atomic mass is 19.1. The maximum Gasteiger partial charge on any atom is 0.255 e. The van der Waals surface area contributed by atoms with E-state index < -0.39 is 23.7 Å². The van der Waals surface area contributed by atoms with Gasteiger partial charge in [0, 0.05) is 50.3 Å². The van der Waals surface area contributed by atoms with Crippen molar-refractivity contribution in [3.63, 3.8) is 0 Å². The number of aromatic nitrogens is 1. The van der Waals surface area contributed by atoms with Crippen molar-refractivity contribution in [3.8, 4) is 0 Å². The number of carbonyl (C=O) groups is 4. The number of nitrogens with one attached hydrogen (secondary N) is 1. The van der Waals surface area contributed by atoms with E-state index in [2.05, 4.69) is 10.3 Å². The van der Waals surface area contributed by atoms with Crippen LogP contribution in [-0.4, -0.2) is 70.6 Å². The van der Waals surface area contributed by atoms with Gasteiger partial charge in [0.1, 0.15) is 17.4 Å². The number of piperazine rings is 1. The number of halogens is 1. The lowest BCUT2D eigenvalue weighted by Crippen LogP contribution is -2.52. The van der Waals surface area contributed by atoms with Crippen molar-refractivity contribution in [2.45, 2.75) is 25.4 Å². The first kappa shape index (κ1) is 22.2. The van der Waals surface area contributed by atoms with Crippen LogP contribution in [-0.2, 0) is 16.1 Å². The molecule has 1 aromatic heterocycles. The lowest BCUT2D eigenvalue weighted by molar-refractivity contribution is -0.136. The second-order valence-electron chi connectivity index (χ2n) is 9.17. The zero-order valence-corrected chi connectivity index (χ0v) is 19.2. The average Bonchev–Trinajstić information content (AvgIpc) is 3.47. The maximum atomic E-state index is 15.1. The third-order valence-electron chi connectivity index (χ3n) is 7.08. The molecular weight excluding hydrogens is 469 g/mol. The number of hydrogen-bond donors (Lipinski definition) is 1. The highest BCUT2D eigenvalue weighted by Gasteiger charge is 2.40. The van der Waals surface area contributed by atoms with Crippen LogP contribution in [0.4, 0.5) is 10.1 Å². The van der Waals surface area contributed by atoms with E-state index in [1.807, 2.05) is 4.90 Å². The summed E-state index contributed by atoms with van der Waals surface area (Å²) < 4.78 is 20.3. The van der Waals surface area contributed by atoms with E-state index in [9.17, 15) is 19.2 Å². The van der Waals surface area contributed by atoms with Crippen molar-refractivity contribution >= 4 is 40.4 Å². The molecule has 184 valence electrons. The number of imide groups is 1. The number of rotatable bonds is 3. The Balaban J connectivity index is 1.15. The second kappa shape index (κ2) is 8.43. The lowest BCUT2D eigenvalue weighted by Gasteiger charge is -2.36. The number of carbonyl (C=O) groups excluding carboxylic acids is 4. The first-order valence-corrected chi connectivity index (χ1v) is 11.7. The van der Waals surface area contributed by atoms with Crippen molar-refractivity contribution in [1.29, 1.82) is 0 Å². The number of amides is 4. The Morgan fingerprint density at radius 1 is 1.08 bits per heavy atom. The maximum absolute atomic E-state index is 15.1. The summed E-state index contributed by atoms with van der Waals surface area (Å²) >= 11 is 0. The second-order valence-corrected chi connectivity index (χ2v) is 9.17. The number of anilines is 1. The van der Waals surface area contributed by atoms with E-state index in [-0.39, 0.29) is 36.8 Å². The van der Waals surface area contributed by atoms with Crippen LogP contribution in [0.3, 0.4) is 0 Å². The Morgan fingerprint density at radius 2 is 1.89 bits per heavy atom. The average molecular weight is 491 g/mol. The lowest BCUT2D eigenvalue weighted by atomic mass is 10.0. The Bertz CT molecular complexity index is 1430. The van der Waals surface area contributed by atoms with Crippen molar-refractivity contribution in [2.24, 2.45) is 0 Å². The van der Waals surface area contributed by atoms with E-state index in [4.69, 9.17) is 4.42 Å². The minimum Gasteiger partial charge on any atom is -0.443 e. The van der Waals surface area contributed by atoms with E-state index in [0.717, 1.165) is 0 Å². The fourth-order valence-corrected chi connectivity index (χ4v) is 5.14. The molecule has 2 saturated heterocycles. The molecule has 0 aliphatic carbocycles. The molecule has 0 bridgehead atoms. The van der Waals surface area contributed by atoms with Gasteiger partial charge < -0.3 is 19.1 Å². The van der Waals surface area contributed by atoms with Gasteiger partial charge in [-0.3, -0.25) is 24.5 Å². The quantitative estimate of drug-likeness (QED) is 0.555. The predicted molar refractivity (Wildman–Crippen MR) is 125 cm³/mol. The predicted octanol–water partition coefficient (Wildman–Crippen LogP) is 1.69. The summed E-state index contributed by atoms with van der Waals surface area (Å²) in [5.74, 6) is -1.92. The van der Waals surface area contributed by atoms with Gasteiger partial charge in [-0.2, -0.15) is 0 Å². The van der Waals surface area contributed by atoms with Crippen LogP contribution in [0.1, 0.15) is 39.1 Å². The molecule has 6 rings (SSSR count). The van der Waals surface area contributed by atoms with Gasteiger partial charge in [0.2, 0.25) is 11.8 Å². The topological polar surface area (TPSA) is 116 Å². The molecule has 1 unspecified atom stereocenters. The van der Waals surface area contributed by atoms with Gasteiger partial charge >= 0.3 is 0 Å². The van der Waals surface area contributed by atoms with Crippen molar-refractivity contribution in [1.82, 2.24) is 20.1 Å². The molecule has 2 fully saturated rings. The number of hydrogen-bond acceptors (Lipinski definition) is 7. The summed E-state index contributed by atoms with van der Waals surface area (Å²) in [5, 5.41) is 2.27. The molecule has 1 N–H and O–H groups in total. The molecule has 36 heavy (non-hydrogen) atoms. The number of oxazole rings is 1. The van der Waals surface area contributed by atoms with Crippen LogP contribution in [0.25, 0.3) is 11.1 Å². The van der Waals surface area contributed by atoms with Gasteiger partial charge in [0.05, 0.1) is 5.69 Å². The van der Waals surface area contributed by atoms with Crippen molar-refractivity contribution in [2.75, 3.05) is 31.1 Å². The first-order valence-electron chi connectivity index (χ1n) is 11.7. The molecule has 2 aromatic carbocycles. The largest absolute Gasteiger partial charge is 0.443 e. The van der Waals surface area contributed by atoms with E-state index in [1.54, 1.807) is 29.2 Å². The SMILES string of the molecule is O=C1CCC(N2Cc3cc(N4CCN(C(=O)c5ccc6ocnc6c5)CC4)c(F)cc3C2=O)C(=O)N1. The van der Waals surface area contributed by atoms with Crippen LogP contribution in [0.15, 0.2) is 41.1 Å². The van der Waals surface area contributed by atoms with Crippen LogP contribution < -0.4 is 10.2 Å². The van der Waals surface area contributed by atoms with Gasteiger partial charge in [-0.25, -0.2) is 9.37 Å². The minimum atomic E-state index is -0.750. The Kier molecular flexibility index (Phi) is 5.20. The third-order valence-corrected chi connectivity index (χ3v) is 7.08. The van der Waals surface area contributed by atoms with Crippen LogP contribution >= 0.6 is 0 Å². The van der Waals surface area contributed by atoms with Gasteiger partial charge in [-0.15, -0.1) is 0 Å². The molecule has 3 aliphatic heterocycles. The molecule has 0 saturated carbocycles. The van der Waals surface area contributed by atoms with E-state index in [0.29, 0.717) is 54.1 Å². The van der Waals surface area contributed by atoms with Gasteiger partial charge in [0.15, 0.2) is 12.0 Å². The highest BCUT2D eigenvalue weighted by molar-refractivity contribution is 6.05. The standard InChI is InChI=1S/C25H22FN5O5/c26-17-11-16-15(12-31(25(16)35)19-2-4-22(32)28-23(19)33)10-20(17)29-5-7-30(8-6-29)24(34)14-1-3-21-18(9-14)27-13-36-21/h1,3,9-11,13,19H,2,4-8,12H2,(H,28,32,33). The zero-order chi connectivity index (χ0) is 25.0. The summed E-state index contributed by atoms with van der Waals surface area (Å²) in [7, 11) is 0. The molecule has 3 aliphatic rings. The monoisotopic (exact) mass is 491 g/mol. The summed E-state index contributed by atoms with van der Waals surface area (Å²) in [6.45, 7) is 1.86. The first-order chi connectivity index (χ1) is 17.4. The van der Waals surface area contributed by atoms with Crippen molar-refractivity contribution < 1.29 is 28.0 Å². The number of piperidine rings is 1. The number of nitrogens with zero attached hydrogens (tertiary/aromatic N) is 4. The summed E-state index contributed by atoms with van der Waals surface area (Å²) in [6, 6.07) is 7.24. The molecule has 4 amide bonds. The van der Waals surface area contributed by atoms with Crippen LogP contribution in [0, 0.1) is 5.82 Å². The summed E-state index contributed by atoms with van der Waals surface area (Å²) in [5.41, 5.74) is 2.97. The zero-order valence-electron chi connectivity index (χ0n) is 19.2. The fourth-order valence-electron chi connectivity index (χ4n) is 5.14. The highest BCUT2D eigenvalue weighted by Crippen LogP contribution is 2.33. The Hall–Kier alpha value is -4.28. The normalized spacial score (nSPS) is 20.2. The molecule has 11 heteroatoms. The summed E-state index contributed by atoms with van der Waals surface area (Å²) in [4.78, 5) is 58.7. The smallest absolute Gasteiger partial charge is 0.255 e. The van der Waals surface area contributed by atoms with Gasteiger partial charge in [-0.05, 0) is 42.3 Å². The molecule has 1 atom stereocenters. The van der Waals surface area contributed by atoms with Crippen molar-refractivity contribution in [3.05, 3.63) is 59.2 Å². The van der Waals surface area contributed by atoms with E-state index >= 15 is 4.39 Å². The molecule has 0 spiro atoms. The molecule has 4 heterocycles. The van der Waals surface area contributed by atoms with Gasteiger partial charge in [0.25, 0.3) is 11.8 Å². The molecule has 3 aromatic rings. The Labute approximate surface area is 204 Å². The van der Waals surface area contributed by atoms with E-state index in [1.165, 1.54) is 17.4 Å². The Morgan fingerprint density at radius 3 is 2.67 bits per heavy atom. The number of benzene rings is 2. The molecule has 10 nitrogen and oxygen atoms in total.